The van der Waals surface area contributed by atoms with E-state index in [0.717, 1.165) is 6.20 Å². The van der Waals surface area contributed by atoms with Gasteiger partial charge < -0.3 is 10.5 Å². The monoisotopic (exact) mass is 188 g/mol. The lowest BCUT2D eigenvalue weighted by Gasteiger charge is -2.06. The van der Waals surface area contributed by atoms with E-state index in [-0.39, 0.29) is 11.3 Å². The number of hydrogen-bond donors (Lipinski definition) is 1. The van der Waals surface area contributed by atoms with Crippen LogP contribution < -0.4 is 10.5 Å². The Labute approximate surface area is 72.3 Å². The molecule has 4 nitrogen and oxygen atoms in total. The molecule has 1 aromatic rings. The Kier molecular flexibility index (Phi) is 2.73. The van der Waals surface area contributed by atoms with E-state index >= 15 is 0 Å². The average Bonchev–Trinajstić information content (AvgIpc) is 2.03. The number of halogens is 2. The zero-order valence-electron chi connectivity index (χ0n) is 6.41. The molecule has 1 aromatic heterocycles. The minimum Gasteiger partial charge on any atom is -0.432 e. The first-order valence-corrected chi connectivity index (χ1v) is 3.30. The van der Waals surface area contributed by atoms with Crippen LogP contribution in [0.5, 0.6) is 5.75 Å². The molecule has 6 heteroatoms. The Bertz CT molecular complexity index is 317. The fourth-order valence-corrected chi connectivity index (χ4v) is 0.773. The molecule has 0 radical (unpaired) electrons. The molecule has 1 amide bonds. The lowest BCUT2D eigenvalue weighted by Crippen LogP contribution is -2.14. The van der Waals surface area contributed by atoms with Crippen LogP contribution in [0.25, 0.3) is 0 Å². The van der Waals surface area contributed by atoms with Gasteiger partial charge >= 0.3 is 6.61 Å². The molecule has 0 aliphatic rings. The van der Waals surface area contributed by atoms with E-state index in [1.54, 1.807) is 0 Å². The number of primary amides is 1. The van der Waals surface area contributed by atoms with Gasteiger partial charge in [-0.2, -0.15) is 8.78 Å². The maximum absolute atomic E-state index is 11.8. The highest BCUT2D eigenvalue weighted by atomic mass is 19.3. The summed E-state index contributed by atoms with van der Waals surface area (Å²) in [6.45, 7) is -3.00. The molecule has 1 heterocycles. The van der Waals surface area contributed by atoms with Gasteiger partial charge in [0.2, 0.25) is 0 Å². The summed E-state index contributed by atoms with van der Waals surface area (Å²) >= 11 is 0. The number of pyridine rings is 1. The summed E-state index contributed by atoms with van der Waals surface area (Å²) < 4.78 is 27.5. The van der Waals surface area contributed by atoms with Crippen molar-refractivity contribution in [3.8, 4) is 5.75 Å². The minimum absolute atomic E-state index is 0.115. The Hall–Kier alpha value is -1.72. The van der Waals surface area contributed by atoms with Crippen molar-refractivity contribution in [1.82, 2.24) is 4.98 Å². The molecule has 0 saturated carbocycles. The molecule has 1 rings (SSSR count). The van der Waals surface area contributed by atoms with Crippen LogP contribution in [0.15, 0.2) is 18.5 Å². The highest BCUT2D eigenvalue weighted by Gasteiger charge is 2.12. The summed E-state index contributed by atoms with van der Waals surface area (Å²) in [5.41, 5.74) is 4.78. The van der Waals surface area contributed by atoms with Crippen molar-refractivity contribution in [2.45, 2.75) is 6.61 Å². The van der Waals surface area contributed by atoms with Crippen molar-refractivity contribution in [3.63, 3.8) is 0 Å². The van der Waals surface area contributed by atoms with Gasteiger partial charge in [-0.1, -0.05) is 0 Å². The van der Waals surface area contributed by atoms with E-state index in [1.807, 2.05) is 0 Å². The number of ether oxygens (including phenoxy) is 1. The molecule has 0 bridgehead atoms. The highest BCUT2D eigenvalue weighted by molar-refractivity contribution is 5.95. The van der Waals surface area contributed by atoms with Gasteiger partial charge in [0, 0.05) is 6.20 Å². The smallest absolute Gasteiger partial charge is 0.387 e. The number of aromatic nitrogens is 1. The molecule has 0 saturated heterocycles. The first-order chi connectivity index (χ1) is 6.11. The quantitative estimate of drug-likeness (QED) is 0.762. The first kappa shape index (κ1) is 9.37. The van der Waals surface area contributed by atoms with Crippen molar-refractivity contribution in [1.29, 1.82) is 0 Å². The third kappa shape index (κ3) is 2.36. The lowest BCUT2D eigenvalue weighted by molar-refractivity contribution is -0.0503. The third-order valence-corrected chi connectivity index (χ3v) is 1.27. The van der Waals surface area contributed by atoms with Gasteiger partial charge in [0.15, 0.2) is 5.75 Å². The molecule has 0 spiro atoms. The van der Waals surface area contributed by atoms with E-state index in [1.165, 1.54) is 12.3 Å². The largest absolute Gasteiger partial charge is 0.432 e. The molecule has 0 aromatic carbocycles. The van der Waals surface area contributed by atoms with Gasteiger partial charge in [-0.15, -0.1) is 0 Å². The number of nitrogens with two attached hydrogens (primary N) is 1. The number of hydrogen-bond acceptors (Lipinski definition) is 3. The number of carbonyl (C=O) groups is 1. The SMILES string of the molecule is NC(=O)c1ccncc1OC(F)F. The molecule has 70 valence electrons. The molecule has 0 aliphatic carbocycles. The van der Waals surface area contributed by atoms with Crippen LogP contribution in [0.4, 0.5) is 8.78 Å². The van der Waals surface area contributed by atoms with E-state index in [9.17, 15) is 13.6 Å². The number of nitrogens with zero attached hydrogens (tertiary/aromatic N) is 1. The van der Waals surface area contributed by atoms with E-state index in [2.05, 4.69) is 9.72 Å². The normalized spacial score (nSPS) is 10.1. The second-order valence-corrected chi connectivity index (χ2v) is 2.11. The Morgan fingerprint density at radius 3 is 2.85 bits per heavy atom. The van der Waals surface area contributed by atoms with Gasteiger partial charge in [0.1, 0.15) is 0 Å². The summed E-state index contributed by atoms with van der Waals surface area (Å²) in [6, 6.07) is 1.21. The van der Waals surface area contributed by atoms with Crippen molar-refractivity contribution in [2.75, 3.05) is 0 Å². The molecule has 0 fully saturated rings. The van der Waals surface area contributed by atoms with Crippen molar-refractivity contribution in [2.24, 2.45) is 5.73 Å². The molecule has 0 unspecified atom stereocenters. The molecule has 0 atom stereocenters. The number of carbonyl (C=O) groups excluding carboxylic acids is 1. The minimum atomic E-state index is -3.00. The van der Waals surface area contributed by atoms with Crippen molar-refractivity contribution < 1.29 is 18.3 Å². The second kappa shape index (κ2) is 3.79. The summed E-state index contributed by atoms with van der Waals surface area (Å²) in [6.07, 6.45) is 2.27. The number of amides is 1. The van der Waals surface area contributed by atoms with Gasteiger partial charge in [-0.3, -0.25) is 9.78 Å². The molecule has 2 N–H and O–H groups in total. The Balaban J connectivity index is 2.98. The molecular formula is C7H6F2N2O2. The number of alkyl halides is 2. The molecular weight excluding hydrogens is 182 g/mol. The fourth-order valence-electron chi connectivity index (χ4n) is 0.773. The Morgan fingerprint density at radius 2 is 2.31 bits per heavy atom. The van der Waals surface area contributed by atoms with Crippen LogP contribution in [-0.4, -0.2) is 17.5 Å². The summed E-state index contributed by atoms with van der Waals surface area (Å²) in [5, 5.41) is 0. The topological polar surface area (TPSA) is 65.2 Å². The van der Waals surface area contributed by atoms with E-state index in [0.29, 0.717) is 0 Å². The Morgan fingerprint density at radius 1 is 1.62 bits per heavy atom. The van der Waals surface area contributed by atoms with Crippen molar-refractivity contribution >= 4 is 5.91 Å². The summed E-state index contributed by atoms with van der Waals surface area (Å²) in [5.74, 6) is -1.15. The van der Waals surface area contributed by atoms with Gasteiger partial charge in [-0.25, -0.2) is 0 Å². The second-order valence-electron chi connectivity index (χ2n) is 2.11. The van der Waals surface area contributed by atoms with Crippen LogP contribution in [0, 0.1) is 0 Å². The van der Waals surface area contributed by atoms with Crippen LogP contribution >= 0.6 is 0 Å². The third-order valence-electron chi connectivity index (χ3n) is 1.27. The predicted molar refractivity (Wildman–Crippen MR) is 39.4 cm³/mol. The standard InChI is InChI=1S/C7H6F2N2O2/c8-7(9)13-5-3-11-2-1-4(5)6(10)12/h1-3,7H,(H2,10,12). The van der Waals surface area contributed by atoms with Gasteiger partial charge in [-0.05, 0) is 6.07 Å². The first-order valence-electron chi connectivity index (χ1n) is 3.30. The van der Waals surface area contributed by atoms with Gasteiger partial charge in [0.25, 0.3) is 5.91 Å². The fraction of sp³-hybridized carbons (Fsp3) is 0.143. The van der Waals surface area contributed by atoms with E-state index < -0.39 is 12.5 Å². The average molecular weight is 188 g/mol. The maximum Gasteiger partial charge on any atom is 0.387 e. The van der Waals surface area contributed by atoms with Crippen LogP contribution in [0.2, 0.25) is 0 Å². The van der Waals surface area contributed by atoms with Crippen LogP contribution in [0.3, 0.4) is 0 Å². The van der Waals surface area contributed by atoms with Crippen LogP contribution in [0.1, 0.15) is 10.4 Å². The zero-order valence-corrected chi connectivity index (χ0v) is 6.41. The van der Waals surface area contributed by atoms with Crippen molar-refractivity contribution in [3.05, 3.63) is 24.0 Å². The number of rotatable bonds is 3. The predicted octanol–water partition coefficient (Wildman–Crippen LogP) is 0.782. The van der Waals surface area contributed by atoms with E-state index in [4.69, 9.17) is 5.73 Å². The summed E-state index contributed by atoms with van der Waals surface area (Å²) in [7, 11) is 0. The zero-order chi connectivity index (χ0) is 9.84. The molecule has 0 aliphatic heterocycles. The lowest BCUT2D eigenvalue weighted by atomic mass is 10.2. The maximum atomic E-state index is 11.8. The summed E-state index contributed by atoms with van der Waals surface area (Å²) in [4.78, 5) is 14.2. The van der Waals surface area contributed by atoms with Gasteiger partial charge in [0.05, 0.1) is 11.8 Å². The highest BCUT2D eigenvalue weighted by Crippen LogP contribution is 2.17. The molecule has 13 heavy (non-hydrogen) atoms. The van der Waals surface area contributed by atoms with Crippen LogP contribution in [-0.2, 0) is 0 Å².